The Kier molecular flexibility index (Phi) is 15.9. The number of nitrogens with one attached hydrogen (secondary N) is 1. The van der Waals surface area contributed by atoms with Gasteiger partial charge in [-0.1, -0.05) is 75.5 Å². The fraction of sp³-hybridized carbons (Fsp3) is 0.433. The molecule has 0 radical (unpaired) electrons. The lowest BCUT2D eigenvalue weighted by molar-refractivity contribution is -0.129. The number of ketones is 3. The van der Waals surface area contributed by atoms with Gasteiger partial charge in [0.2, 0.25) is 0 Å². The molecule has 0 bridgehead atoms. The zero-order chi connectivity index (χ0) is 24.1. The first-order valence-electron chi connectivity index (χ1n) is 11.7. The lowest BCUT2D eigenvalue weighted by Crippen LogP contribution is -2.21. The molecule has 3 N–H and O–H groups in total. The van der Waals surface area contributed by atoms with Crippen LogP contribution in [0.25, 0.3) is 0 Å². The highest BCUT2D eigenvalue weighted by Gasteiger charge is 2.14. The maximum absolute atomic E-state index is 11.3. The van der Waals surface area contributed by atoms with Gasteiger partial charge in [-0.05, 0) is 44.2 Å². The zero-order valence-electron chi connectivity index (χ0n) is 19.8. The maximum Gasteiger partial charge on any atom is 0.157 e. The molecule has 1 fully saturated rings. The molecule has 4 rings (SSSR count). The van der Waals surface area contributed by atoms with Crippen LogP contribution in [-0.2, 0) is 14.4 Å². The van der Waals surface area contributed by atoms with Gasteiger partial charge in [-0.3, -0.25) is 14.4 Å². The van der Waals surface area contributed by atoms with E-state index in [-0.39, 0.29) is 50.7 Å². The minimum absolute atomic E-state index is 0. The van der Waals surface area contributed by atoms with E-state index >= 15 is 0 Å². The van der Waals surface area contributed by atoms with Crippen LogP contribution < -0.4 is 11.1 Å². The van der Waals surface area contributed by atoms with Gasteiger partial charge >= 0.3 is 0 Å². The van der Waals surface area contributed by atoms with Gasteiger partial charge in [0.05, 0.1) is 6.42 Å². The van der Waals surface area contributed by atoms with Crippen LogP contribution in [0.3, 0.4) is 0 Å². The van der Waals surface area contributed by atoms with E-state index in [0.717, 1.165) is 25.0 Å². The number of nitrogens with two attached hydrogens (primary N) is 1. The number of allylic oxidation sites excluding steroid dienone is 2. The van der Waals surface area contributed by atoms with Crippen molar-refractivity contribution >= 4 is 17.3 Å². The standard InChI is InChI=1S/C14H17NO.C8H11N.C6H8O2.2CH4/c1-11(12-6-3-2-4-7-12)15-13-8-5-9-14(16)10-13;1-7(9)8-5-3-2-4-6-8;7-5-2-1-3-6(8)4-5;;/h2-4,6-7,10-11,15H,5,8-9H2,1H3;2-7H,9H2,1H3;1-4H2;2*1H4/t11-;7-;;;/m11.../s1. The second kappa shape index (κ2) is 17.4. The predicted octanol–water partition coefficient (Wildman–Crippen LogP) is 6.65. The van der Waals surface area contributed by atoms with Crippen LogP contribution in [0.2, 0.25) is 0 Å². The third kappa shape index (κ3) is 12.8. The van der Waals surface area contributed by atoms with Crippen LogP contribution in [-0.4, -0.2) is 17.3 Å². The topological polar surface area (TPSA) is 89.3 Å². The molecule has 2 aromatic rings. The Morgan fingerprint density at radius 3 is 1.60 bits per heavy atom. The average molecular weight is 481 g/mol. The van der Waals surface area contributed by atoms with Crippen molar-refractivity contribution in [1.82, 2.24) is 5.32 Å². The van der Waals surface area contributed by atoms with Gasteiger partial charge in [-0.15, -0.1) is 0 Å². The van der Waals surface area contributed by atoms with Gasteiger partial charge in [-0.2, -0.15) is 0 Å². The lowest BCUT2D eigenvalue weighted by Gasteiger charge is -2.20. The highest BCUT2D eigenvalue weighted by atomic mass is 16.1. The summed E-state index contributed by atoms with van der Waals surface area (Å²) in [6.07, 6.45) is 6.62. The third-order valence-electron chi connectivity index (χ3n) is 5.54. The Labute approximate surface area is 212 Å². The molecule has 0 heterocycles. The third-order valence-corrected chi connectivity index (χ3v) is 5.54. The Hall–Kier alpha value is -3.05. The summed E-state index contributed by atoms with van der Waals surface area (Å²) < 4.78 is 0. The van der Waals surface area contributed by atoms with E-state index in [9.17, 15) is 14.4 Å². The number of Topliss-reactive ketones (excluding diaryl/α,β-unsaturated/α-hetero) is 2. The van der Waals surface area contributed by atoms with Crippen molar-refractivity contribution in [3.05, 3.63) is 83.6 Å². The van der Waals surface area contributed by atoms with Crippen molar-refractivity contribution in [1.29, 1.82) is 0 Å². The van der Waals surface area contributed by atoms with Gasteiger partial charge in [-0.25, -0.2) is 0 Å². The molecule has 0 amide bonds. The first kappa shape index (κ1) is 31.9. The Bertz CT molecular complexity index is 907. The highest BCUT2D eigenvalue weighted by Crippen LogP contribution is 2.18. The second-order valence-corrected chi connectivity index (χ2v) is 8.57. The molecule has 5 heteroatoms. The van der Waals surface area contributed by atoms with Crippen molar-refractivity contribution in [2.24, 2.45) is 5.73 Å². The summed E-state index contributed by atoms with van der Waals surface area (Å²) >= 11 is 0. The highest BCUT2D eigenvalue weighted by molar-refractivity contribution is 6.01. The van der Waals surface area contributed by atoms with Crippen LogP contribution >= 0.6 is 0 Å². The van der Waals surface area contributed by atoms with Crippen molar-refractivity contribution in [3.8, 4) is 0 Å². The molecule has 2 atom stereocenters. The Balaban J connectivity index is 0.000000523. The molecule has 0 aliphatic heterocycles. The molecule has 0 aromatic heterocycles. The summed E-state index contributed by atoms with van der Waals surface area (Å²) in [6, 6.07) is 20.8. The van der Waals surface area contributed by atoms with E-state index < -0.39 is 0 Å². The number of carbonyl (C=O) groups is 3. The summed E-state index contributed by atoms with van der Waals surface area (Å²) in [4.78, 5) is 32.2. The second-order valence-electron chi connectivity index (χ2n) is 8.57. The van der Waals surface area contributed by atoms with Crippen molar-refractivity contribution < 1.29 is 14.4 Å². The molecule has 0 saturated heterocycles. The van der Waals surface area contributed by atoms with Crippen LogP contribution in [0, 0.1) is 0 Å². The van der Waals surface area contributed by atoms with Crippen LogP contribution in [0.15, 0.2) is 72.4 Å². The number of hydrogen-bond acceptors (Lipinski definition) is 5. The monoisotopic (exact) mass is 480 g/mol. The quantitative estimate of drug-likeness (QED) is 0.478. The fourth-order valence-electron chi connectivity index (χ4n) is 3.64. The lowest BCUT2D eigenvalue weighted by atomic mass is 9.98. The predicted molar refractivity (Wildman–Crippen MR) is 146 cm³/mol. The molecule has 192 valence electrons. The zero-order valence-corrected chi connectivity index (χ0v) is 19.8. The summed E-state index contributed by atoms with van der Waals surface area (Å²) in [5.41, 5.74) is 9.13. The molecule has 5 nitrogen and oxygen atoms in total. The normalized spacial score (nSPS) is 16.4. The number of benzene rings is 2. The van der Waals surface area contributed by atoms with Crippen molar-refractivity contribution in [2.45, 2.75) is 85.7 Å². The van der Waals surface area contributed by atoms with E-state index in [1.165, 1.54) is 11.1 Å². The molecular weight excluding hydrogens is 436 g/mol. The van der Waals surface area contributed by atoms with Gasteiger partial charge in [0.25, 0.3) is 0 Å². The number of carbonyl (C=O) groups excluding carboxylic acids is 3. The summed E-state index contributed by atoms with van der Waals surface area (Å²) in [5, 5.41) is 3.41. The molecule has 2 aliphatic carbocycles. The molecule has 0 spiro atoms. The molecule has 1 saturated carbocycles. The van der Waals surface area contributed by atoms with Crippen LogP contribution in [0.5, 0.6) is 0 Å². The van der Waals surface area contributed by atoms with Crippen molar-refractivity contribution in [3.63, 3.8) is 0 Å². The van der Waals surface area contributed by atoms with E-state index in [4.69, 9.17) is 5.73 Å². The molecule has 2 aromatic carbocycles. The smallest absolute Gasteiger partial charge is 0.157 e. The first-order valence-corrected chi connectivity index (χ1v) is 11.7. The molecule has 35 heavy (non-hydrogen) atoms. The summed E-state index contributed by atoms with van der Waals surface area (Å²) in [6.45, 7) is 4.10. The number of hydrogen-bond donors (Lipinski definition) is 2. The largest absolute Gasteiger partial charge is 0.382 e. The van der Waals surface area contributed by atoms with E-state index in [1.807, 2.05) is 55.5 Å². The number of rotatable bonds is 4. The summed E-state index contributed by atoms with van der Waals surface area (Å²) in [5.74, 6) is 0.469. The molecule has 0 unspecified atom stereocenters. The van der Waals surface area contributed by atoms with Gasteiger partial charge in [0, 0.05) is 43.1 Å². The van der Waals surface area contributed by atoms with Crippen LogP contribution in [0.4, 0.5) is 0 Å². The molecular formula is C30H44N2O3. The average Bonchev–Trinajstić information content (AvgIpc) is 2.81. The SMILES string of the molecule is C.C.C[C@@H](N)c1ccccc1.C[C@@H](NC1=CC(=O)CCC1)c1ccccc1.O=C1CCCC(=O)C1. The van der Waals surface area contributed by atoms with Gasteiger partial charge in [0.15, 0.2) is 5.78 Å². The van der Waals surface area contributed by atoms with Gasteiger partial charge in [0.1, 0.15) is 11.6 Å². The summed E-state index contributed by atoms with van der Waals surface area (Å²) in [7, 11) is 0. The van der Waals surface area contributed by atoms with E-state index in [2.05, 4.69) is 24.4 Å². The van der Waals surface area contributed by atoms with Gasteiger partial charge < -0.3 is 11.1 Å². The Morgan fingerprint density at radius 2 is 1.20 bits per heavy atom. The molecule has 2 aliphatic rings. The fourth-order valence-corrected chi connectivity index (χ4v) is 3.64. The minimum Gasteiger partial charge on any atom is -0.382 e. The van der Waals surface area contributed by atoms with Crippen LogP contribution in [0.1, 0.15) is 96.9 Å². The van der Waals surface area contributed by atoms with E-state index in [0.29, 0.717) is 19.3 Å². The van der Waals surface area contributed by atoms with Crippen molar-refractivity contribution in [2.75, 3.05) is 0 Å². The Morgan fingerprint density at radius 1 is 0.714 bits per heavy atom. The maximum atomic E-state index is 11.3. The van der Waals surface area contributed by atoms with E-state index in [1.54, 1.807) is 6.08 Å². The minimum atomic E-state index is 0. The first-order chi connectivity index (χ1) is 15.8.